The molecule has 0 bridgehead atoms. The molecule has 2 aliphatic rings. The van der Waals surface area contributed by atoms with Crippen LogP contribution >= 0.6 is 11.3 Å². The molecule has 2 amide bonds. The first-order valence-corrected chi connectivity index (χ1v) is 7.98. The van der Waals surface area contributed by atoms with Crippen molar-refractivity contribution in [2.45, 2.75) is 31.3 Å². The van der Waals surface area contributed by atoms with Gasteiger partial charge in [0.15, 0.2) is 0 Å². The SMILES string of the molecule is CN1CC(NCC2CCCO2)N(c2nnc(C(F)(F)F)s2)C1=O. The molecule has 0 aromatic carbocycles. The third-order valence-corrected chi connectivity index (χ3v) is 4.73. The van der Waals surface area contributed by atoms with E-state index in [1.807, 2.05) is 0 Å². The maximum Gasteiger partial charge on any atom is 0.445 e. The lowest BCUT2D eigenvalue weighted by Gasteiger charge is -2.22. The lowest BCUT2D eigenvalue weighted by Crippen LogP contribution is -2.47. The van der Waals surface area contributed by atoms with Crippen LogP contribution in [-0.2, 0) is 10.9 Å². The summed E-state index contributed by atoms with van der Waals surface area (Å²) in [4.78, 5) is 14.9. The van der Waals surface area contributed by atoms with Crippen molar-refractivity contribution in [3.63, 3.8) is 0 Å². The van der Waals surface area contributed by atoms with Crippen molar-refractivity contribution in [1.29, 1.82) is 0 Å². The number of anilines is 1. The number of nitrogens with zero attached hydrogens (tertiary/aromatic N) is 4. The number of rotatable bonds is 4. The fourth-order valence-electron chi connectivity index (χ4n) is 2.61. The number of aromatic nitrogens is 2. The first-order chi connectivity index (χ1) is 10.9. The summed E-state index contributed by atoms with van der Waals surface area (Å²) in [5, 5.41) is 8.73. The molecule has 3 rings (SSSR count). The molecule has 2 saturated heterocycles. The summed E-state index contributed by atoms with van der Waals surface area (Å²) in [7, 11) is 1.59. The van der Waals surface area contributed by atoms with Crippen LogP contribution in [0.3, 0.4) is 0 Å². The molecular formula is C12H16F3N5O2S. The van der Waals surface area contributed by atoms with E-state index < -0.39 is 23.4 Å². The van der Waals surface area contributed by atoms with E-state index in [-0.39, 0.29) is 11.2 Å². The maximum atomic E-state index is 12.7. The van der Waals surface area contributed by atoms with Crippen molar-refractivity contribution in [2.24, 2.45) is 0 Å². The van der Waals surface area contributed by atoms with Crippen LogP contribution in [-0.4, -0.2) is 60.1 Å². The fraction of sp³-hybridized carbons (Fsp3) is 0.750. The largest absolute Gasteiger partial charge is 0.445 e. The Labute approximate surface area is 134 Å². The van der Waals surface area contributed by atoms with Gasteiger partial charge in [0, 0.05) is 20.2 Å². The molecule has 11 heteroatoms. The summed E-state index contributed by atoms with van der Waals surface area (Å²) in [5.74, 6) is 0. The molecule has 1 aromatic heterocycles. The van der Waals surface area contributed by atoms with Gasteiger partial charge in [0.2, 0.25) is 10.1 Å². The van der Waals surface area contributed by atoms with Gasteiger partial charge in [-0.15, -0.1) is 10.2 Å². The number of hydrogen-bond acceptors (Lipinski definition) is 6. The molecule has 2 atom stereocenters. The minimum Gasteiger partial charge on any atom is -0.377 e. The highest BCUT2D eigenvalue weighted by Gasteiger charge is 2.41. The minimum absolute atomic E-state index is 0.0588. The topological polar surface area (TPSA) is 70.6 Å². The van der Waals surface area contributed by atoms with E-state index in [0.29, 0.717) is 31.0 Å². The van der Waals surface area contributed by atoms with Gasteiger partial charge in [0.05, 0.1) is 12.6 Å². The summed E-state index contributed by atoms with van der Waals surface area (Å²) in [6.07, 6.45) is -3.03. The molecule has 0 spiro atoms. The number of amides is 2. The number of likely N-dealkylation sites (N-methyl/N-ethyl adjacent to an activating group) is 1. The van der Waals surface area contributed by atoms with Crippen LogP contribution in [0.15, 0.2) is 0 Å². The molecule has 23 heavy (non-hydrogen) atoms. The van der Waals surface area contributed by atoms with E-state index in [9.17, 15) is 18.0 Å². The number of alkyl halides is 3. The number of carbonyl (C=O) groups is 1. The molecule has 0 saturated carbocycles. The van der Waals surface area contributed by atoms with Crippen molar-refractivity contribution < 1.29 is 22.7 Å². The monoisotopic (exact) mass is 351 g/mol. The minimum atomic E-state index is -4.56. The Hall–Kier alpha value is -1.46. The van der Waals surface area contributed by atoms with Crippen molar-refractivity contribution in [1.82, 2.24) is 20.4 Å². The summed E-state index contributed by atoms with van der Waals surface area (Å²) < 4.78 is 43.5. The van der Waals surface area contributed by atoms with Crippen LogP contribution in [0.25, 0.3) is 0 Å². The van der Waals surface area contributed by atoms with Crippen molar-refractivity contribution >= 4 is 22.5 Å². The van der Waals surface area contributed by atoms with Crippen LogP contribution in [0, 0.1) is 0 Å². The second-order valence-electron chi connectivity index (χ2n) is 5.48. The summed E-state index contributed by atoms with van der Waals surface area (Å²) in [6, 6.07) is -0.403. The zero-order chi connectivity index (χ0) is 16.6. The predicted octanol–water partition coefficient (Wildman–Crippen LogP) is 1.52. The van der Waals surface area contributed by atoms with Crippen molar-refractivity contribution in [3.05, 3.63) is 5.01 Å². The molecule has 128 valence electrons. The Morgan fingerprint density at radius 2 is 2.22 bits per heavy atom. The molecule has 1 N–H and O–H groups in total. The van der Waals surface area contributed by atoms with Crippen molar-refractivity contribution in [3.8, 4) is 0 Å². The van der Waals surface area contributed by atoms with Gasteiger partial charge in [-0.2, -0.15) is 13.2 Å². The van der Waals surface area contributed by atoms with Gasteiger partial charge in [0.1, 0.15) is 6.17 Å². The van der Waals surface area contributed by atoms with Crippen LogP contribution in [0.4, 0.5) is 23.1 Å². The molecule has 0 radical (unpaired) electrons. The van der Waals surface area contributed by atoms with E-state index in [2.05, 4.69) is 15.5 Å². The number of hydrogen-bond donors (Lipinski definition) is 1. The smallest absolute Gasteiger partial charge is 0.377 e. The average Bonchev–Trinajstić information content (AvgIpc) is 3.18. The summed E-state index contributed by atoms with van der Waals surface area (Å²) >= 11 is 0.365. The van der Waals surface area contributed by atoms with E-state index in [1.54, 1.807) is 7.05 Å². The molecule has 0 aliphatic carbocycles. The van der Waals surface area contributed by atoms with Gasteiger partial charge in [-0.1, -0.05) is 11.3 Å². The van der Waals surface area contributed by atoms with Gasteiger partial charge in [-0.25, -0.2) is 4.79 Å². The van der Waals surface area contributed by atoms with Crippen LogP contribution in [0.2, 0.25) is 0 Å². The van der Waals surface area contributed by atoms with E-state index in [0.717, 1.165) is 12.8 Å². The molecule has 2 fully saturated rings. The quantitative estimate of drug-likeness (QED) is 0.891. The van der Waals surface area contributed by atoms with Crippen LogP contribution < -0.4 is 10.2 Å². The van der Waals surface area contributed by atoms with Gasteiger partial charge >= 0.3 is 12.2 Å². The number of halogens is 3. The standard InChI is InChI=1S/C12H16F3N5O2S/c1-19-6-8(16-5-7-3-2-4-22-7)20(11(19)21)10-18-17-9(23-10)12(13,14)15/h7-8,16H,2-6H2,1H3. The molecule has 3 heterocycles. The van der Waals surface area contributed by atoms with E-state index >= 15 is 0 Å². The zero-order valence-corrected chi connectivity index (χ0v) is 13.2. The zero-order valence-electron chi connectivity index (χ0n) is 12.3. The van der Waals surface area contributed by atoms with Crippen LogP contribution in [0.5, 0.6) is 0 Å². The Morgan fingerprint density at radius 1 is 1.43 bits per heavy atom. The first kappa shape index (κ1) is 16.4. The van der Waals surface area contributed by atoms with E-state index in [4.69, 9.17) is 4.74 Å². The fourth-order valence-corrected chi connectivity index (χ4v) is 3.36. The Bertz CT molecular complexity index is 575. The van der Waals surface area contributed by atoms with Gasteiger partial charge < -0.3 is 9.64 Å². The Kier molecular flexibility index (Phi) is 4.43. The normalized spacial score (nSPS) is 25.7. The predicted molar refractivity (Wildman–Crippen MR) is 76.2 cm³/mol. The number of nitrogens with one attached hydrogen (secondary N) is 1. The van der Waals surface area contributed by atoms with Gasteiger partial charge in [0.25, 0.3) is 0 Å². The summed E-state index contributed by atoms with van der Waals surface area (Å²) in [5.41, 5.74) is 0. The Balaban J connectivity index is 1.73. The van der Waals surface area contributed by atoms with Gasteiger partial charge in [-0.05, 0) is 12.8 Å². The molecule has 2 aliphatic heterocycles. The van der Waals surface area contributed by atoms with Gasteiger partial charge in [-0.3, -0.25) is 10.2 Å². The van der Waals surface area contributed by atoms with Crippen molar-refractivity contribution in [2.75, 3.05) is 31.6 Å². The molecule has 7 nitrogen and oxygen atoms in total. The lowest BCUT2D eigenvalue weighted by atomic mass is 10.2. The number of carbonyl (C=O) groups excluding carboxylic acids is 1. The Morgan fingerprint density at radius 3 is 2.83 bits per heavy atom. The maximum absolute atomic E-state index is 12.7. The highest BCUT2D eigenvalue weighted by atomic mass is 32.1. The third kappa shape index (κ3) is 3.40. The highest BCUT2D eigenvalue weighted by Crippen LogP contribution is 2.35. The average molecular weight is 351 g/mol. The lowest BCUT2D eigenvalue weighted by molar-refractivity contribution is -0.138. The summed E-state index contributed by atoms with van der Waals surface area (Å²) in [6.45, 7) is 1.60. The number of urea groups is 1. The van der Waals surface area contributed by atoms with Crippen LogP contribution in [0.1, 0.15) is 17.8 Å². The number of ether oxygens (including phenoxy) is 1. The second kappa shape index (κ2) is 6.21. The molecule has 2 unspecified atom stereocenters. The first-order valence-electron chi connectivity index (χ1n) is 7.16. The molecule has 1 aromatic rings. The third-order valence-electron chi connectivity index (χ3n) is 3.76. The second-order valence-corrected chi connectivity index (χ2v) is 6.44. The molecular weight excluding hydrogens is 335 g/mol. The highest BCUT2D eigenvalue weighted by molar-refractivity contribution is 7.15. The van der Waals surface area contributed by atoms with E-state index in [1.165, 1.54) is 9.80 Å².